The lowest BCUT2D eigenvalue weighted by Gasteiger charge is -2.12. The van der Waals surface area contributed by atoms with Crippen molar-refractivity contribution in [2.24, 2.45) is 5.73 Å². The monoisotopic (exact) mass is 221 g/mol. The quantitative estimate of drug-likeness (QED) is 0.793. The van der Waals surface area contributed by atoms with Crippen molar-refractivity contribution < 1.29 is 9.13 Å². The van der Waals surface area contributed by atoms with E-state index in [-0.39, 0.29) is 17.6 Å². The van der Waals surface area contributed by atoms with Crippen molar-refractivity contribution in [2.75, 3.05) is 7.11 Å². The van der Waals surface area contributed by atoms with Crippen LogP contribution in [0.15, 0.2) is 18.2 Å². The van der Waals surface area contributed by atoms with E-state index in [2.05, 4.69) is 11.8 Å². The van der Waals surface area contributed by atoms with Crippen LogP contribution in [-0.4, -0.2) is 7.11 Å². The van der Waals surface area contributed by atoms with Crippen LogP contribution >= 0.6 is 0 Å². The van der Waals surface area contributed by atoms with Gasteiger partial charge in [-0.2, -0.15) is 0 Å². The average molecular weight is 221 g/mol. The number of ether oxygens (including phenoxy) is 1. The van der Waals surface area contributed by atoms with Crippen molar-refractivity contribution in [3.63, 3.8) is 0 Å². The molecule has 0 fully saturated rings. The minimum Gasteiger partial charge on any atom is -0.494 e. The van der Waals surface area contributed by atoms with Gasteiger partial charge in [0.2, 0.25) is 0 Å². The van der Waals surface area contributed by atoms with Gasteiger partial charge in [0, 0.05) is 12.5 Å². The van der Waals surface area contributed by atoms with E-state index in [1.54, 1.807) is 19.1 Å². The molecule has 2 nitrogen and oxygen atoms in total. The lowest BCUT2D eigenvalue weighted by Crippen LogP contribution is -2.10. The van der Waals surface area contributed by atoms with Crippen molar-refractivity contribution in [1.82, 2.24) is 0 Å². The Balaban J connectivity index is 2.74. The molecule has 1 aromatic rings. The van der Waals surface area contributed by atoms with Gasteiger partial charge in [-0.05, 0) is 31.0 Å². The van der Waals surface area contributed by atoms with E-state index in [0.29, 0.717) is 0 Å². The number of rotatable bonds is 4. The van der Waals surface area contributed by atoms with Crippen LogP contribution in [0.5, 0.6) is 5.75 Å². The molecule has 0 aliphatic carbocycles. The van der Waals surface area contributed by atoms with Crippen LogP contribution in [0.3, 0.4) is 0 Å². The topological polar surface area (TPSA) is 35.2 Å². The third-order valence-corrected chi connectivity index (χ3v) is 2.36. The van der Waals surface area contributed by atoms with Gasteiger partial charge in [-0.15, -0.1) is 11.8 Å². The first-order valence-corrected chi connectivity index (χ1v) is 5.17. The highest BCUT2D eigenvalue weighted by molar-refractivity contribution is 5.32. The standard InChI is InChI=1S/C13H16FNO/c1-3-4-5-6-12(15)10-7-8-11(14)13(9-10)16-2/h7-9,12H,5-6,15H2,1-2H3. The number of hydrogen-bond donors (Lipinski definition) is 1. The Labute approximate surface area is 95.6 Å². The smallest absolute Gasteiger partial charge is 0.165 e. The van der Waals surface area contributed by atoms with Crippen molar-refractivity contribution in [2.45, 2.75) is 25.8 Å². The predicted octanol–water partition coefficient (Wildman–Crippen LogP) is 2.64. The predicted molar refractivity (Wildman–Crippen MR) is 62.6 cm³/mol. The molecule has 1 aromatic carbocycles. The molecule has 3 heteroatoms. The van der Waals surface area contributed by atoms with Gasteiger partial charge in [-0.3, -0.25) is 0 Å². The fourth-order valence-electron chi connectivity index (χ4n) is 1.43. The molecule has 0 saturated carbocycles. The number of methoxy groups -OCH3 is 1. The SMILES string of the molecule is CC#CCCC(N)c1ccc(F)c(OC)c1. The molecule has 0 aliphatic heterocycles. The molecular formula is C13H16FNO. The molecule has 0 radical (unpaired) electrons. The van der Waals surface area contributed by atoms with Gasteiger partial charge in [0.1, 0.15) is 0 Å². The lowest BCUT2D eigenvalue weighted by molar-refractivity contribution is 0.385. The van der Waals surface area contributed by atoms with Gasteiger partial charge < -0.3 is 10.5 Å². The minimum absolute atomic E-state index is 0.129. The van der Waals surface area contributed by atoms with E-state index in [1.165, 1.54) is 13.2 Å². The summed E-state index contributed by atoms with van der Waals surface area (Å²) in [5.74, 6) is 5.63. The van der Waals surface area contributed by atoms with Crippen LogP contribution in [0.25, 0.3) is 0 Å². The Morgan fingerprint density at radius 3 is 2.88 bits per heavy atom. The Hall–Kier alpha value is -1.53. The van der Waals surface area contributed by atoms with E-state index in [9.17, 15) is 4.39 Å². The summed E-state index contributed by atoms with van der Waals surface area (Å²) in [5, 5.41) is 0. The molecule has 0 saturated heterocycles. The molecule has 16 heavy (non-hydrogen) atoms. The fourth-order valence-corrected chi connectivity index (χ4v) is 1.43. The summed E-state index contributed by atoms with van der Waals surface area (Å²) >= 11 is 0. The van der Waals surface area contributed by atoms with Crippen molar-refractivity contribution in [1.29, 1.82) is 0 Å². The van der Waals surface area contributed by atoms with Crippen LogP contribution in [0.1, 0.15) is 31.4 Å². The summed E-state index contributed by atoms with van der Waals surface area (Å²) in [4.78, 5) is 0. The molecule has 2 N–H and O–H groups in total. The van der Waals surface area contributed by atoms with E-state index in [4.69, 9.17) is 10.5 Å². The zero-order valence-electron chi connectivity index (χ0n) is 9.59. The zero-order valence-corrected chi connectivity index (χ0v) is 9.59. The molecule has 0 spiro atoms. The highest BCUT2D eigenvalue weighted by Crippen LogP contribution is 2.23. The molecule has 0 aromatic heterocycles. The van der Waals surface area contributed by atoms with Crippen molar-refractivity contribution in [3.05, 3.63) is 29.6 Å². The molecule has 86 valence electrons. The number of hydrogen-bond acceptors (Lipinski definition) is 2. The largest absolute Gasteiger partial charge is 0.494 e. The number of halogens is 1. The molecule has 1 rings (SSSR count). The molecule has 0 heterocycles. The third kappa shape index (κ3) is 3.25. The Bertz CT molecular complexity index is 406. The van der Waals surface area contributed by atoms with Crippen LogP contribution in [-0.2, 0) is 0 Å². The van der Waals surface area contributed by atoms with Crippen LogP contribution < -0.4 is 10.5 Å². The second-order valence-corrected chi connectivity index (χ2v) is 3.47. The summed E-state index contributed by atoms with van der Waals surface area (Å²) in [5.41, 5.74) is 6.84. The van der Waals surface area contributed by atoms with Crippen LogP contribution in [0.4, 0.5) is 4.39 Å². The summed E-state index contributed by atoms with van der Waals surface area (Å²) in [6.07, 6.45) is 1.51. The highest BCUT2D eigenvalue weighted by Gasteiger charge is 2.09. The summed E-state index contributed by atoms with van der Waals surface area (Å²) in [6.45, 7) is 1.80. The molecule has 0 amide bonds. The summed E-state index contributed by atoms with van der Waals surface area (Å²) in [7, 11) is 1.44. The van der Waals surface area contributed by atoms with Gasteiger partial charge >= 0.3 is 0 Å². The lowest BCUT2D eigenvalue weighted by atomic mass is 10.0. The van der Waals surface area contributed by atoms with Gasteiger partial charge in [-0.1, -0.05) is 6.07 Å². The number of benzene rings is 1. The van der Waals surface area contributed by atoms with E-state index < -0.39 is 0 Å². The Morgan fingerprint density at radius 2 is 2.25 bits per heavy atom. The fraction of sp³-hybridized carbons (Fsp3) is 0.385. The van der Waals surface area contributed by atoms with Crippen LogP contribution in [0.2, 0.25) is 0 Å². The maximum absolute atomic E-state index is 13.2. The van der Waals surface area contributed by atoms with Gasteiger partial charge in [0.05, 0.1) is 7.11 Å². The van der Waals surface area contributed by atoms with E-state index in [1.807, 2.05) is 0 Å². The highest BCUT2D eigenvalue weighted by atomic mass is 19.1. The number of nitrogens with two attached hydrogens (primary N) is 1. The second kappa shape index (κ2) is 6.14. The molecule has 1 unspecified atom stereocenters. The third-order valence-electron chi connectivity index (χ3n) is 2.36. The van der Waals surface area contributed by atoms with Crippen LogP contribution in [0, 0.1) is 17.7 Å². The first-order chi connectivity index (χ1) is 7.69. The van der Waals surface area contributed by atoms with Gasteiger partial charge in [0.25, 0.3) is 0 Å². The minimum atomic E-state index is -0.369. The Morgan fingerprint density at radius 1 is 1.50 bits per heavy atom. The van der Waals surface area contributed by atoms with Crippen molar-refractivity contribution >= 4 is 0 Å². The normalized spacial score (nSPS) is 11.5. The van der Waals surface area contributed by atoms with Gasteiger partial charge in [-0.25, -0.2) is 4.39 Å². The average Bonchev–Trinajstić information content (AvgIpc) is 2.30. The maximum Gasteiger partial charge on any atom is 0.165 e. The molecule has 1 atom stereocenters. The first-order valence-electron chi connectivity index (χ1n) is 5.17. The molecular weight excluding hydrogens is 205 g/mol. The Kier molecular flexibility index (Phi) is 4.81. The van der Waals surface area contributed by atoms with E-state index in [0.717, 1.165) is 18.4 Å². The summed E-state index contributed by atoms with van der Waals surface area (Å²) < 4.78 is 18.1. The molecule has 0 bridgehead atoms. The van der Waals surface area contributed by atoms with Gasteiger partial charge in [0.15, 0.2) is 11.6 Å². The first kappa shape index (κ1) is 12.5. The zero-order chi connectivity index (χ0) is 12.0. The van der Waals surface area contributed by atoms with E-state index >= 15 is 0 Å². The molecule has 0 aliphatic rings. The second-order valence-electron chi connectivity index (χ2n) is 3.47. The maximum atomic E-state index is 13.2. The summed E-state index contributed by atoms with van der Waals surface area (Å²) in [6, 6.07) is 4.57. The van der Waals surface area contributed by atoms with Crippen molar-refractivity contribution in [3.8, 4) is 17.6 Å².